The maximum absolute atomic E-state index is 11.7. The summed E-state index contributed by atoms with van der Waals surface area (Å²) in [7, 11) is 2.96. The Labute approximate surface area is 112 Å². The summed E-state index contributed by atoms with van der Waals surface area (Å²) in [6, 6.07) is 1.53. The topological polar surface area (TPSA) is 85.4 Å². The number of nitrogens with one attached hydrogen (secondary N) is 2. The van der Waals surface area contributed by atoms with Gasteiger partial charge < -0.3 is 14.8 Å². The van der Waals surface area contributed by atoms with Gasteiger partial charge in [-0.2, -0.15) is 9.97 Å². The number of carbonyl (C=O) groups excluding carboxylic acids is 1. The Bertz CT molecular complexity index is 421. The number of amides is 1. The van der Waals surface area contributed by atoms with Gasteiger partial charge in [-0.05, 0) is 20.8 Å². The van der Waals surface area contributed by atoms with E-state index >= 15 is 0 Å². The highest BCUT2D eigenvalue weighted by Crippen LogP contribution is 2.17. The number of anilines is 1. The van der Waals surface area contributed by atoms with Crippen molar-refractivity contribution in [3.05, 3.63) is 6.07 Å². The van der Waals surface area contributed by atoms with Gasteiger partial charge in [0.25, 0.3) is 0 Å². The smallest absolute Gasteiger partial charge is 0.240 e. The van der Waals surface area contributed by atoms with Crippen molar-refractivity contribution in [3.63, 3.8) is 0 Å². The van der Waals surface area contributed by atoms with Gasteiger partial charge in [-0.3, -0.25) is 10.1 Å². The van der Waals surface area contributed by atoms with Crippen molar-refractivity contribution in [2.75, 3.05) is 26.1 Å². The highest BCUT2D eigenvalue weighted by Gasteiger charge is 2.13. The normalized spacial score (nSPS) is 11.0. The summed E-state index contributed by atoms with van der Waals surface area (Å²) < 4.78 is 9.99. The van der Waals surface area contributed by atoms with Crippen molar-refractivity contribution in [3.8, 4) is 11.8 Å². The molecule has 1 rings (SSSR count). The molecule has 0 aromatic carbocycles. The summed E-state index contributed by atoms with van der Waals surface area (Å²) >= 11 is 0. The first kappa shape index (κ1) is 15.2. The summed E-state index contributed by atoms with van der Waals surface area (Å²) in [4.78, 5) is 19.7. The Hall–Kier alpha value is -1.89. The second-order valence-electron chi connectivity index (χ2n) is 4.93. The summed E-state index contributed by atoms with van der Waals surface area (Å²) in [6.07, 6.45) is 0. The molecule has 19 heavy (non-hydrogen) atoms. The molecule has 7 nitrogen and oxygen atoms in total. The van der Waals surface area contributed by atoms with Crippen LogP contribution in [0.5, 0.6) is 11.8 Å². The molecule has 7 heteroatoms. The Morgan fingerprint density at radius 1 is 1.21 bits per heavy atom. The molecule has 0 fully saturated rings. The third kappa shape index (κ3) is 5.52. The fraction of sp³-hybridized carbons (Fsp3) is 0.583. The Morgan fingerprint density at radius 3 is 2.16 bits per heavy atom. The monoisotopic (exact) mass is 268 g/mol. The van der Waals surface area contributed by atoms with Crippen molar-refractivity contribution in [1.82, 2.24) is 15.3 Å². The maximum Gasteiger partial charge on any atom is 0.240 e. The molecule has 0 aliphatic rings. The average molecular weight is 268 g/mol. The lowest BCUT2D eigenvalue weighted by Gasteiger charge is -2.19. The minimum Gasteiger partial charge on any atom is -0.481 e. The first-order valence-electron chi connectivity index (χ1n) is 5.86. The molecule has 1 aromatic heterocycles. The molecule has 0 unspecified atom stereocenters. The second kappa shape index (κ2) is 6.33. The first-order chi connectivity index (χ1) is 8.84. The van der Waals surface area contributed by atoms with Crippen LogP contribution in [0.25, 0.3) is 0 Å². The summed E-state index contributed by atoms with van der Waals surface area (Å²) in [5, 5.41) is 5.65. The zero-order chi connectivity index (χ0) is 14.5. The summed E-state index contributed by atoms with van der Waals surface area (Å²) in [5.74, 6) is 0.569. The number of ether oxygens (including phenoxy) is 2. The summed E-state index contributed by atoms with van der Waals surface area (Å²) in [6.45, 7) is 6.11. The molecule has 1 aromatic rings. The SMILES string of the molecule is COc1cc(OC)nc(NC(=O)CNC(C)(C)C)n1. The molecule has 0 aliphatic heterocycles. The lowest BCUT2D eigenvalue weighted by molar-refractivity contribution is -0.115. The van der Waals surface area contributed by atoms with Gasteiger partial charge in [0.2, 0.25) is 23.6 Å². The van der Waals surface area contributed by atoms with E-state index < -0.39 is 0 Å². The number of hydrogen-bond donors (Lipinski definition) is 2. The van der Waals surface area contributed by atoms with Crippen LogP contribution in [-0.4, -0.2) is 42.2 Å². The van der Waals surface area contributed by atoms with Gasteiger partial charge in [-0.15, -0.1) is 0 Å². The molecule has 2 N–H and O–H groups in total. The second-order valence-corrected chi connectivity index (χ2v) is 4.93. The number of aromatic nitrogens is 2. The van der Waals surface area contributed by atoms with E-state index in [1.165, 1.54) is 20.3 Å². The first-order valence-corrected chi connectivity index (χ1v) is 5.86. The fourth-order valence-electron chi connectivity index (χ4n) is 1.18. The van der Waals surface area contributed by atoms with Gasteiger partial charge >= 0.3 is 0 Å². The van der Waals surface area contributed by atoms with Crippen LogP contribution in [0.4, 0.5) is 5.95 Å². The largest absolute Gasteiger partial charge is 0.481 e. The van der Waals surface area contributed by atoms with Crippen molar-refractivity contribution >= 4 is 11.9 Å². The third-order valence-corrected chi connectivity index (χ3v) is 2.13. The van der Waals surface area contributed by atoms with Crippen LogP contribution in [0.3, 0.4) is 0 Å². The zero-order valence-electron chi connectivity index (χ0n) is 11.9. The van der Waals surface area contributed by atoms with Crippen LogP contribution < -0.4 is 20.1 Å². The number of nitrogens with zero attached hydrogens (tertiary/aromatic N) is 2. The Morgan fingerprint density at radius 2 is 1.74 bits per heavy atom. The van der Waals surface area contributed by atoms with Crippen LogP contribution in [0.2, 0.25) is 0 Å². The van der Waals surface area contributed by atoms with E-state index in [-0.39, 0.29) is 23.9 Å². The van der Waals surface area contributed by atoms with Gasteiger partial charge in [0.15, 0.2) is 0 Å². The number of carbonyl (C=O) groups is 1. The van der Waals surface area contributed by atoms with E-state index in [9.17, 15) is 4.79 Å². The molecule has 0 aliphatic carbocycles. The molecule has 1 amide bonds. The van der Waals surface area contributed by atoms with Crippen molar-refractivity contribution in [2.24, 2.45) is 0 Å². The van der Waals surface area contributed by atoms with E-state index in [4.69, 9.17) is 9.47 Å². The Balaban J connectivity index is 2.68. The molecule has 0 radical (unpaired) electrons. The molecular weight excluding hydrogens is 248 g/mol. The van der Waals surface area contributed by atoms with Crippen molar-refractivity contribution in [2.45, 2.75) is 26.3 Å². The van der Waals surface area contributed by atoms with Crippen LogP contribution in [0, 0.1) is 0 Å². The molecule has 0 spiro atoms. The highest BCUT2D eigenvalue weighted by atomic mass is 16.5. The molecule has 0 bridgehead atoms. The molecule has 0 saturated carbocycles. The van der Waals surface area contributed by atoms with Crippen molar-refractivity contribution < 1.29 is 14.3 Å². The van der Waals surface area contributed by atoms with E-state index in [2.05, 4.69) is 20.6 Å². The van der Waals surface area contributed by atoms with Crippen LogP contribution in [0.1, 0.15) is 20.8 Å². The van der Waals surface area contributed by atoms with Crippen molar-refractivity contribution in [1.29, 1.82) is 0 Å². The van der Waals surface area contributed by atoms with Crippen LogP contribution in [0.15, 0.2) is 6.07 Å². The standard InChI is InChI=1S/C12H20N4O3/c1-12(2,3)13-7-8(17)14-11-15-9(18-4)6-10(16-11)19-5/h6,13H,7H2,1-5H3,(H,14,15,16,17). The lowest BCUT2D eigenvalue weighted by Crippen LogP contribution is -2.41. The van der Waals surface area contributed by atoms with Gasteiger partial charge in [0, 0.05) is 5.54 Å². The average Bonchev–Trinajstić information content (AvgIpc) is 2.35. The number of hydrogen-bond acceptors (Lipinski definition) is 6. The molecule has 106 valence electrons. The van der Waals surface area contributed by atoms with Gasteiger partial charge in [0.1, 0.15) is 0 Å². The number of rotatable bonds is 5. The lowest BCUT2D eigenvalue weighted by atomic mass is 10.1. The highest BCUT2D eigenvalue weighted by molar-refractivity contribution is 5.90. The minimum atomic E-state index is -0.231. The van der Waals surface area contributed by atoms with Crippen LogP contribution in [-0.2, 0) is 4.79 Å². The van der Waals surface area contributed by atoms with E-state index in [0.29, 0.717) is 11.8 Å². The summed E-state index contributed by atoms with van der Waals surface area (Å²) in [5.41, 5.74) is -0.135. The van der Waals surface area contributed by atoms with Gasteiger partial charge in [-0.1, -0.05) is 0 Å². The fourth-order valence-corrected chi connectivity index (χ4v) is 1.18. The van der Waals surface area contributed by atoms with Gasteiger partial charge in [-0.25, -0.2) is 0 Å². The van der Waals surface area contributed by atoms with E-state index in [0.717, 1.165) is 0 Å². The van der Waals surface area contributed by atoms with E-state index in [1.54, 1.807) is 0 Å². The molecule has 0 saturated heterocycles. The minimum absolute atomic E-state index is 0.135. The van der Waals surface area contributed by atoms with E-state index in [1.807, 2.05) is 20.8 Å². The Kier molecular flexibility index (Phi) is 5.05. The number of methoxy groups -OCH3 is 2. The predicted octanol–water partition coefficient (Wildman–Crippen LogP) is 0.820. The maximum atomic E-state index is 11.7. The molecule has 0 atom stereocenters. The molecule has 1 heterocycles. The zero-order valence-corrected chi connectivity index (χ0v) is 11.9. The molecular formula is C12H20N4O3. The van der Waals surface area contributed by atoms with Gasteiger partial charge in [0.05, 0.1) is 26.8 Å². The quantitative estimate of drug-likeness (QED) is 0.822. The third-order valence-electron chi connectivity index (χ3n) is 2.13. The predicted molar refractivity (Wildman–Crippen MR) is 71.5 cm³/mol. The van der Waals surface area contributed by atoms with Crippen LogP contribution >= 0.6 is 0 Å².